The van der Waals surface area contributed by atoms with Crippen LogP contribution in [0.5, 0.6) is 11.5 Å². The zero-order valence-electron chi connectivity index (χ0n) is 10.4. The van der Waals surface area contributed by atoms with E-state index in [4.69, 9.17) is 15.2 Å². The van der Waals surface area contributed by atoms with E-state index in [2.05, 4.69) is 15.9 Å². The van der Waals surface area contributed by atoms with Crippen LogP contribution in [0.3, 0.4) is 0 Å². The lowest BCUT2D eigenvalue weighted by atomic mass is 9.98. The summed E-state index contributed by atoms with van der Waals surface area (Å²) in [5, 5.41) is 9.25. The largest absolute Gasteiger partial charge is 0.489 e. The predicted octanol–water partition coefficient (Wildman–Crippen LogP) is 2.16. The molecule has 0 amide bonds. The molecule has 1 aromatic rings. The molecule has 0 aliphatic carbocycles. The van der Waals surface area contributed by atoms with E-state index in [-0.39, 0.29) is 6.61 Å². The monoisotopic (exact) mass is 315 g/mol. The minimum atomic E-state index is -0.395. The number of hydrogen-bond acceptors (Lipinski definition) is 4. The number of aliphatic hydroxyl groups excluding tert-OH is 1. The van der Waals surface area contributed by atoms with Gasteiger partial charge < -0.3 is 20.3 Å². The lowest BCUT2D eigenvalue weighted by molar-refractivity contribution is 0.266. The van der Waals surface area contributed by atoms with Crippen LogP contribution in [0, 0.1) is 0 Å². The van der Waals surface area contributed by atoms with Crippen molar-refractivity contribution in [3.8, 4) is 11.5 Å². The third-order valence-electron chi connectivity index (χ3n) is 3.06. The van der Waals surface area contributed by atoms with Crippen LogP contribution in [-0.4, -0.2) is 24.9 Å². The number of rotatable bonds is 3. The van der Waals surface area contributed by atoms with Crippen molar-refractivity contribution in [2.45, 2.75) is 25.8 Å². The van der Waals surface area contributed by atoms with Crippen molar-refractivity contribution in [3.05, 3.63) is 21.7 Å². The maximum Gasteiger partial charge on any atom is 0.175 e. The van der Waals surface area contributed by atoms with Crippen LogP contribution in [0.1, 0.15) is 30.5 Å². The van der Waals surface area contributed by atoms with Gasteiger partial charge in [-0.15, -0.1) is 0 Å². The Bertz CT molecular complexity index is 437. The fourth-order valence-corrected chi connectivity index (χ4v) is 2.70. The number of benzene rings is 1. The molecule has 0 saturated heterocycles. The van der Waals surface area contributed by atoms with Gasteiger partial charge in [0.25, 0.3) is 0 Å². The predicted molar refractivity (Wildman–Crippen MR) is 73.1 cm³/mol. The number of halogens is 1. The normalized spacial score (nSPS) is 16.2. The zero-order chi connectivity index (χ0) is 13.1. The van der Waals surface area contributed by atoms with E-state index in [0.29, 0.717) is 13.2 Å². The first-order valence-corrected chi connectivity index (χ1v) is 6.95. The fourth-order valence-electron chi connectivity index (χ4n) is 2.15. The molecule has 1 aliphatic rings. The van der Waals surface area contributed by atoms with E-state index in [1.807, 2.05) is 13.0 Å². The van der Waals surface area contributed by atoms with Crippen molar-refractivity contribution in [2.75, 3.05) is 19.8 Å². The summed E-state index contributed by atoms with van der Waals surface area (Å²) in [5.41, 5.74) is 7.88. The SMILES string of the molecule is CCc1c(C(N)CO)cc(Br)c2c1OCCCO2. The Balaban J connectivity index is 2.57. The Labute approximate surface area is 115 Å². The van der Waals surface area contributed by atoms with Crippen molar-refractivity contribution < 1.29 is 14.6 Å². The number of fused-ring (bicyclic) bond motifs is 1. The Hall–Kier alpha value is -0.780. The van der Waals surface area contributed by atoms with Crippen molar-refractivity contribution in [1.82, 2.24) is 0 Å². The molecule has 3 N–H and O–H groups in total. The van der Waals surface area contributed by atoms with Gasteiger partial charge in [-0.05, 0) is 34.0 Å². The quantitative estimate of drug-likeness (QED) is 0.897. The summed E-state index contributed by atoms with van der Waals surface area (Å²) >= 11 is 3.49. The van der Waals surface area contributed by atoms with E-state index in [1.54, 1.807) is 0 Å². The highest BCUT2D eigenvalue weighted by Crippen LogP contribution is 2.43. The molecule has 0 radical (unpaired) electrons. The molecule has 0 aromatic heterocycles. The van der Waals surface area contributed by atoms with Crippen LogP contribution in [0.15, 0.2) is 10.5 Å². The standard InChI is InChI=1S/C13H18BrNO3/c1-2-8-9(11(15)7-16)6-10(14)13-12(8)17-4-3-5-18-13/h6,11,16H,2-5,7,15H2,1H3. The molecule has 4 nitrogen and oxygen atoms in total. The molecule has 2 rings (SSSR count). The summed E-state index contributed by atoms with van der Waals surface area (Å²) in [4.78, 5) is 0. The second-order valence-corrected chi connectivity index (χ2v) is 5.13. The molecule has 0 fully saturated rings. The van der Waals surface area contributed by atoms with Crippen molar-refractivity contribution in [2.24, 2.45) is 5.73 Å². The average Bonchev–Trinajstić information content (AvgIpc) is 2.63. The molecule has 0 bridgehead atoms. The minimum Gasteiger partial charge on any atom is -0.489 e. The summed E-state index contributed by atoms with van der Waals surface area (Å²) in [6.45, 7) is 3.26. The molecule has 0 saturated carbocycles. The Kier molecular flexibility index (Phi) is 4.48. The smallest absolute Gasteiger partial charge is 0.175 e. The van der Waals surface area contributed by atoms with Gasteiger partial charge in [0, 0.05) is 12.0 Å². The van der Waals surface area contributed by atoms with Gasteiger partial charge in [-0.25, -0.2) is 0 Å². The summed E-state index contributed by atoms with van der Waals surface area (Å²) < 4.78 is 12.3. The minimum absolute atomic E-state index is 0.0842. The molecular weight excluding hydrogens is 298 g/mol. The summed E-state index contributed by atoms with van der Waals surface area (Å²) in [5.74, 6) is 1.52. The molecule has 100 valence electrons. The third kappa shape index (κ3) is 2.48. The van der Waals surface area contributed by atoms with E-state index in [9.17, 15) is 5.11 Å². The lowest BCUT2D eigenvalue weighted by Crippen LogP contribution is -2.17. The molecule has 1 atom stereocenters. The highest BCUT2D eigenvalue weighted by molar-refractivity contribution is 9.10. The zero-order valence-corrected chi connectivity index (χ0v) is 12.0. The van der Waals surface area contributed by atoms with Crippen molar-refractivity contribution in [1.29, 1.82) is 0 Å². The summed E-state index contributed by atoms with van der Waals surface area (Å²) in [6, 6.07) is 1.53. The van der Waals surface area contributed by atoms with Gasteiger partial charge in [0.1, 0.15) is 0 Å². The Morgan fingerprint density at radius 3 is 2.67 bits per heavy atom. The van der Waals surface area contributed by atoms with E-state index in [1.165, 1.54) is 0 Å². The second kappa shape index (κ2) is 5.91. The molecule has 5 heteroatoms. The molecular formula is C13H18BrNO3. The number of hydrogen-bond donors (Lipinski definition) is 2. The van der Waals surface area contributed by atoms with E-state index < -0.39 is 6.04 Å². The van der Waals surface area contributed by atoms with E-state index >= 15 is 0 Å². The fraction of sp³-hybridized carbons (Fsp3) is 0.538. The van der Waals surface area contributed by atoms with Gasteiger partial charge in [-0.2, -0.15) is 0 Å². The highest BCUT2D eigenvalue weighted by Gasteiger charge is 2.23. The maximum absolute atomic E-state index is 9.25. The molecule has 1 unspecified atom stereocenters. The first-order valence-electron chi connectivity index (χ1n) is 6.16. The Morgan fingerprint density at radius 2 is 2.06 bits per heavy atom. The second-order valence-electron chi connectivity index (χ2n) is 4.28. The lowest BCUT2D eigenvalue weighted by Gasteiger charge is -2.20. The first kappa shape index (κ1) is 13.6. The van der Waals surface area contributed by atoms with Crippen LogP contribution >= 0.6 is 15.9 Å². The summed E-state index contributed by atoms with van der Waals surface area (Å²) in [6.07, 6.45) is 1.66. The molecule has 1 heterocycles. The topological polar surface area (TPSA) is 64.7 Å². The van der Waals surface area contributed by atoms with E-state index in [0.717, 1.165) is 39.9 Å². The Morgan fingerprint density at radius 1 is 1.39 bits per heavy atom. The van der Waals surface area contributed by atoms with Gasteiger partial charge >= 0.3 is 0 Å². The maximum atomic E-state index is 9.25. The molecule has 18 heavy (non-hydrogen) atoms. The van der Waals surface area contributed by atoms with Crippen LogP contribution < -0.4 is 15.2 Å². The van der Waals surface area contributed by atoms with Crippen molar-refractivity contribution in [3.63, 3.8) is 0 Å². The third-order valence-corrected chi connectivity index (χ3v) is 3.65. The van der Waals surface area contributed by atoms with Gasteiger partial charge in [0.15, 0.2) is 11.5 Å². The van der Waals surface area contributed by atoms with Gasteiger partial charge in [-0.3, -0.25) is 0 Å². The average molecular weight is 316 g/mol. The van der Waals surface area contributed by atoms with Crippen LogP contribution in [-0.2, 0) is 6.42 Å². The van der Waals surface area contributed by atoms with Crippen molar-refractivity contribution >= 4 is 15.9 Å². The highest BCUT2D eigenvalue weighted by atomic mass is 79.9. The summed E-state index contributed by atoms with van der Waals surface area (Å²) in [7, 11) is 0. The van der Waals surface area contributed by atoms with Crippen LogP contribution in [0.2, 0.25) is 0 Å². The number of nitrogens with two attached hydrogens (primary N) is 1. The molecule has 0 spiro atoms. The number of aliphatic hydroxyl groups is 1. The molecule has 1 aliphatic heterocycles. The molecule has 1 aromatic carbocycles. The van der Waals surface area contributed by atoms with Crippen LogP contribution in [0.4, 0.5) is 0 Å². The van der Waals surface area contributed by atoms with Gasteiger partial charge in [-0.1, -0.05) is 6.92 Å². The van der Waals surface area contributed by atoms with Crippen LogP contribution in [0.25, 0.3) is 0 Å². The van der Waals surface area contributed by atoms with Gasteiger partial charge in [0.2, 0.25) is 0 Å². The first-order chi connectivity index (χ1) is 8.69. The number of ether oxygens (including phenoxy) is 2. The van der Waals surface area contributed by atoms with Gasteiger partial charge in [0.05, 0.1) is 30.3 Å².